The third-order valence-electron chi connectivity index (χ3n) is 6.45. The smallest absolute Gasteiger partial charge is 0.282 e. The van der Waals surface area contributed by atoms with Gasteiger partial charge in [0.2, 0.25) is 5.91 Å². The lowest BCUT2D eigenvalue weighted by atomic mass is 9.89. The van der Waals surface area contributed by atoms with Crippen LogP contribution in [-0.4, -0.2) is 79.8 Å². The monoisotopic (exact) mass is 413 g/mol. The zero-order valence-corrected chi connectivity index (χ0v) is 18.1. The molecule has 0 radical (unpaired) electrons. The lowest BCUT2D eigenvalue weighted by molar-refractivity contribution is -0.144. The number of ether oxygens (including phenoxy) is 1. The number of carbonyl (C=O) groups is 1. The van der Waals surface area contributed by atoms with Crippen molar-refractivity contribution in [3.05, 3.63) is 12.2 Å². The van der Waals surface area contributed by atoms with Crippen molar-refractivity contribution >= 4 is 16.1 Å². The van der Waals surface area contributed by atoms with E-state index >= 15 is 0 Å². The molecule has 0 aromatic carbocycles. The Morgan fingerprint density at radius 2 is 1.68 bits per heavy atom. The molecule has 160 valence electrons. The van der Waals surface area contributed by atoms with E-state index in [1.165, 1.54) is 6.42 Å². The van der Waals surface area contributed by atoms with Crippen LogP contribution in [0.2, 0.25) is 0 Å². The van der Waals surface area contributed by atoms with Crippen molar-refractivity contribution in [1.82, 2.24) is 13.5 Å². The predicted octanol–water partition coefficient (Wildman–Crippen LogP) is 2.01. The van der Waals surface area contributed by atoms with Gasteiger partial charge in [0.1, 0.15) is 0 Å². The highest BCUT2D eigenvalue weighted by molar-refractivity contribution is 7.86. The van der Waals surface area contributed by atoms with E-state index in [0.29, 0.717) is 32.8 Å². The average Bonchev–Trinajstić information content (AvgIpc) is 2.73. The molecule has 0 unspecified atom stereocenters. The van der Waals surface area contributed by atoms with Crippen molar-refractivity contribution in [3.8, 4) is 0 Å². The molecule has 0 aromatic heterocycles. The molecule has 0 spiro atoms. The quantitative estimate of drug-likeness (QED) is 0.647. The van der Waals surface area contributed by atoms with E-state index in [2.05, 4.69) is 6.58 Å². The summed E-state index contributed by atoms with van der Waals surface area (Å²) in [4.78, 5) is 14.8. The molecule has 2 atom stereocenters. The summed E-state index contributed by atoms with van der Waals surface area (Å²) < 4.78 is 34.9. The molecule has 3 aliphatic rings. The summed E-state index contributed by atoms with van der Waals surface area (Å²) in [6, 6.07) is 0.106. The Kier molecular flexibility index (Phi) is 7.17. The van der Waals surface area contributed by atoms with Crippen LogP contribution in [0.1, 0.15) is 51.9 Å². The molecule has 2 saturated heterocycles. The van der Waals surface area contributed by atoms with Crippen molar-refractivity contribution in [3.63, 3.8) is 0 Å². The molecule has 7 nitrogen and oxygen atoms in total. The molecule has 0 aromatic rings. The van der Waals surface area contributed by atoms with Crippen LogP contribution >= 0.6 is 0 Å². The Hall–Kier alpha value is -0.960. The number of amides is 1. The van der Waals surface area contributed by atoms with Crippen molar-refractivity contribution in [2.75, 3.05) is 39.8 Å². The fourth-order valence-corrected chi connectivity index (χ4v) is 6.29. The molecule has 1 aliphatic carbocycles. The Morgan fingerprint density at radius 3 is 2.29 bits per heavy atom. The Balaban J connectivity index is 1.58. The standard InChI is InChI=1S/C20H35N3O4S/c1-16(2)19-18(10-7-15-27-19)20(24)22-11-13-23(14-12-22)28(25,26)21(3)17-8-5-4-6-9-17/h17-19H,1,4-15H2,2-3H3/t18-,19-/m1/s1. The zero-order chi connectivity index (χ0) is 20.3. The fourth-order valence-electron chi connectivity index (χ4n) is 4.71. The molecule has 3 fully saturated rings. The molecule has 2 aliphatic heterocycles. The van der Waals surface area contributed by atoms with Gasteiger partial charge in [-0.25, -0.2) is 0 Å². The first-order chi connectivity index (χ1) is 13.3. The minimum Gasteiger partial charge on any atom is -0.373 e. The largest absolute Gasteiger partial charge is 0.373 e. The van der Waals surface area contributed by atoms with Crippen molar-refractivity contribution in [2.45, 2.75) is 64.0 Å². The van der Waals surface area contributed by atoms with Crippen LogP contribution in [0.25, 0.3) is 0 Å². The third-order valence-corrected chi connectivity index (χ3v) is 8.50. The first kappa shape index (κ1) is 21.7. The summed E-state index contributed by atoms with van der Waals surface area (Å²) in [7, 11) is -1.76. The SMILES string of the molecule is C=C(C)[C@H]1OCCC[C@H]1C(=O)N1CCN(S(=O)(=O)N(C)C2CCCCC2)CC1. The third kappa shape index (κ3) is 4.61. The second-order valence-corrected chi connectivity index (χ2v) is 10.4. The van der Waals surface area contributed by atoms with E-state index < -0.39 is 10.2 Å². The minimum atomic E-state index is -3.47. The van der Waals surface area contributed by atoms with Gasteiger partial charge in [-0.1, -0.05) is 31.4 Å². The maximum Gasteiger partial charge on any atom is 0.282 e. The highest BCUT2D eigenvalue weighted by Crippen LogP contribution is 2.29. The van der Waals surface area contributed by atoms with Crippen molar-refractivity contribution < 1.29 is 17.9 Å². The van der Waals surface area contributed by atoms with E-state index in [-0.39, 0.29) is 24.0 Å². The first-order valence-corrected chi connectivity index (χ1v) is 12.0. The van der Waals surface area contributed by atoms with E-state index in [0.717, 1.165) is 44.1 Å². The Bertz CT molecular complexity index is 667. The van der Waals surface area contributed by atoms with Crippen LogP contribution in [0.3, 0.4) is 0 Å². The number of carbonyl (C=O) groups excluding carboxylic acids is 1. The van der Waals surface area contributed by atoms with Crippen LogP contribution in [0.4, 0.5) is 0 Å². The summed E-state index contributed by atoms with van der Waals surface area (Å²) in [5, 5.41) is 0. The average molecular weight is 414 g/mol. The van der Waals surface area contributed by atoms with Crippen LogP contribution in [-0.2, 0) is 19.7 Å². The molecule has 28 heavy (non-hydrogen) atoms. The van der Waals surface area contributed by atoms with Gasteiger partial charge in [0.05, 0.1) is 12.0 Å². The molecule has 0 bridgehead atoms. The van der Waals surface area contributed by atoms with Gasteiger partial charge < -0.3 is 9.64 Å². The molecule has 1 saturated carbocycles. The van der Waals surface area contributed by atoms with E-state index in [1.807, 2.05) is 11.8 Å². The van der Waals surface area contributed by atoms with Gasteiger partial charge in [0.15, 0.2) is 0 Å². The summed E-state index contributed by atoms with van der Waals surface area (Å²) in [6.07, 6.45) is 6.73. The van der Waals surface area contributed by atoms with Gasteiger partial charge in [-0.15, -0.1) is 0 Å². The highest BCUT2D eigenvalue weighted by Gasteiger charge is 2.39. The fraction of sp³-hybridized carbons (Fsp3) is 0.850. The summed E-state index contributed by atoms with van der Waals surface area (Å²) in [5.41, 5.74) is 0.883. The maximum absolute atomic E-state index is 13.0. The highest BCUT2D eigenvalue weighted by atomic mass is 32.2. The number of rotatable bonds is 5. The lowest BCUT2D eigenvalue weighted by Crippen LogP contribution is -2.56. The van der Waals surface area contributed by atoms with Gasteiger partial charge in [-0.3, -0.25) is 4.79 Å². The number of nitrogens with zero attached hydrogens (tertiary/aromatic N) is 3. The van der Waals surface area contributed by atoms with Crippen LogP contribution in [0.5, 0.6) is 0 Å². The van der Waals surface area contributed by atoms with Crippen molar-refractivity contribution in [2.24, 2.45) is 5.92 Å². The minimum absolute atomic E-state index is 0.0744. The van der Waals surface area contributed by atoms with E-state index in [1.54, 1.807) is 15.7 Å². The number of hydrogen-bond acceptors (Lipinski definition) is 4. The predicted molar refractivity (Wildman–Crippen MR) is 109 cm³/mol. The maximum atomic E-state index is 13.0. The topological polar surface area (TPSA) is 70.2 Å². The molecule has 0 N–H and O–H groups in total. The van der Waals surface area contributed by atoms with Gasteiger partial charge in [-0.2, -0.15) is 17.0 Å². The van der Waals surface area contributed by atoms with Crippen molar-refractivity contribution in [1.29, 1.82) is 0 Å². The molecule has 8 heteroatoms. The molecule has 2 heterocycles. The Morgan fingerprint density at radius 1 is 1.04 bits per heavy atom. The van der Waals surface area contributed by atoms with E-state index in [9.17, 15) is 13.2 Å². The van der Waals surface area contributed by atoms with Gasteiger partial charge in [0, 0.05) is 45.9 Å². The molecular formula is C20H35N3O4S. The number of hydrogen-bond donors (Lipinski definition) is 0. The zero-order valence-electron chi connectivity index (χ0n) is 17.3. The van der Waals surface area contributed by atoms with E-state index in [4.69, 9.17) is 4.74 Å². The molecule has 3 rings (SSSR count). The second-order valence-electron chi connectivity index (χ2n) is 8.43. The van der Waals surface area contributed by atoms with Crippen LogP contribution in [0.15, 0.2) is 12.2 Å². The molecule has 1 amide bonds. The Labute approximate surface area is 169 Å². The first-order valence-electron chi connectivity index (χ1n) is 10.6. The molecular weight excluding hydrogens is 378 g/mol. The number of piperazine rings is 1. The normalized spacial score (nSPS) is 28.5. The lowest BCUT2D eigenvalue weighted by Gasteiger charge is -2.41. The summed E-state index contributed by atoms with van der Waals surface area (Å²) in [6.45, 7) is 8.14. The van der Waals surface area contributed by atoms with Crippen LogP contribution in [0, 0.1) is 5.92 Å². The summed E-state index contributed by atoms with van der Waals surface area (Å²) >= 11 is 0. The van der Waals surface area contributed by atoms with Gasteiger partial charge in [-0.05, 0) is 32.6 Å². The second kappa shape index (κ2) is 9.24. The summed E-state index contributed by atoms with van der Waals surface area (Å²) in [5.74, 6) is -0.121. The van der Waals surface area contributed by atoms with Crippen LogP contribution < -0.4 is 0 Å². The van der Waals surface area contributed by atoms with Gasteiger partial charge in [0.25, 0.3) is 10.2 Å². The van der Waals surface area contributed by atoms with Gasteiger partial charge >= 0.3 is 0 Å².